The molecule has 1 heterocycles. The number of amides is 1. The smallest absolute Gasteiger partial charge is 0.393 e. The average Bonchev–Trinajstić information content (AvgIpc) is 2.69. The summed E-state index contributed by atoms with van der Waals surface area (Å²) in [4.78, 5) is 25.8. The number of nitrogens with one attached hydrogen (secondary N) is 1. The maximum absolute atomic E-state index is 13.5. The van der Waals surface area contributed by atoms with Crippen LogP contribution in [0.3, 0.4) is 0 Å². The second-order valence-electron chi connectivity index (χ2n) is 7.95. The lowest BCUT2D eigenvalue weighted by molar-refractivity contribution is -0.189. The van der Waals surface area contributed by atoms with Crippen molar-refractivity contribution in [3.8, 4) is 0 Å². The maximum Gasteiger partial charge on any atom is 0.393 e. The van der Waals surface area contributed by atoms with Crippen LogP contribution in [-0.4, -0.2) is 47.2 Å². The van der Waals surface area contributed by atoms with Gasteiger partial charge in [0.25, 0.3) is 0 Å². The van der Waals surface area contributed by atoms with Gasteiger partial charge in [-0.05, 0) is 56.5 Å². The zero-order valence-electron chi connectivity index (χ0n) is 17.3. The van der Waals surface area contributed by atoms with Crippen LogP contribution < -0.4 is 5.32 Å². The second kappa shape index (κ2) is 10.0. The molecular formula is C21H28ClF3N2O3. The monoisotopic (exact) mass is 448 g/mol. The van der Waals surface area contributed by atoms with Gasteiger partial charge in [0.1, 0.15) is 6.04 Å². The Morgan fingerprint density at radius 3 is 2.37 bits per heavy atom. The number of piperidine rings is 1. The molecule has 168 valence electrons. The lowest BCUT2D eigenvalue weighted by atomic mass is 9.90. The molecule has 1 aliphatic rings. The van der Waals surface area contributed by atoms with Crippen LogP contribution in [0.15, 0.2) is 18.2 Å². The molecule has 5 nitrogen and oxygen atoms in total. The molecule has 1 aromatic rings. The fourth-order valence-corrected chi connectivity index (χ4v) is 3.95. The number of aliphatic carboxylic acids is 1. The van der Waals surface area contributed by atoms with Crippen LogP contribution in [0.5, 0.6) is 0 Å². The number of carbonyl (C=O) groups excluding carboxylic acids is 1. The fourth-order valence-electron chi connectivity index (χ4n) is 3.78. The second-order valence-corrected chi connectivity index (χ2v) is 8.36. The molecule has 1 aromatic carbocycles. The number of carboxylic acids is 1. The number of nitrogens with zero attached hydrogens (tertiary/aromatic N) is 1. The Bertz CT molecular complexity index is 764. The van der Waals surface area contributed by atoms with E-state index >= 15 is 0 Å². The summed E-state index contributed by atoms with van der Waals surface area (Å²) >= 11 is 6.12. The van der Waals surface area contributed by atoms with E-state index in [1.54, 1.807) is 4.90 Å². The number of likely N-dealkylation sites (tertiary alicyclic amines) is 1. The van der Waals surface area contributed by atoms with Gasteiger partial charge >= 0.3 is 12.1 Å². The van der Waals surface area contributed by atoms with Crippen LogP contribution in [-0.2, 0) is 9.59 Å². The highest BCUT2D eigenvalue weighted by atomic mass is 35.5. The lowest BCUT2D eigenvalue weighted by Gasteiger charge is -2.39. The van der Waals surface area contributed by atoms with E-state index in [0.29, 0.717) is 24.6 Å². The summed E-state index contributed by atoms with van der Waals surface area (Å²) in [6, 6.07) is 2.96. The Morgan fingerprint density at radius 1 is 1.27 bits per heavy atom. The largest absolute Gasteiger partial charge is 0.481 e. The van der Waals surface area contributed by atoms with Gasteiger partial charge in [0, 0.05) is 0 Å². The third-order valence-corrected chi connectivity index (χ3v) is 6.33. The minimum Gasteiger partial charge on any atom is -0.481 e. The van der Waals surface area contributed by atoms with Crippen molar-refractivity contribution in [3.05, 3.63) is 28.8 Å². The molecule has 1 amide bonds. The Balaban J connectivity index is 2.28. The molecule has 0 aromatic heterocycles. The van der Waals surface area contributed by atoms with Crippen LogP contribution in [0.25, 0.3) is 0 Å². The van der Waals surface area contributed by atoms with Crippen molar-refractivity contribution in [2.75, 3.05) is 18.4 Å². The highest BCUT2D eigenvalue weighted by Crippen LogP contribution is 2.34. The van der Waals surface area contributed by atoms with Crippen molar-refractivity contribution in [2.24, 2.45) is 11.8 Å². The molecule has 0 spiro atoms. The van der Waals surface area contributed by atoms with Crippen LogP contribution in [0.1, 0.15) is 51.5 Å². The zero-order chi connectivity index (χ0) is 22.6. The molecule has 30 heavy (non-hydrogen) atoms. The van der Waals surface area contributed by atoms with Gasteiger partial charge in [0.05, 0.1) is 22.5 Å². The zero-order valence-corrected chi connectivity index (χ0v) is 18.1. The van der Waals surface area contributed by atoms with E-state index in [1.165, 1.54) is 25.1 Å². The van der Waals surface area contributed by atoms with E-state index in [0.717, 1.165) is 26.2 Å². The van der Waals surface area contributed by atoms with E-state index in [9.17, 15) is 27.9 Å². The first-order chi connectivity index (χ1) is 14.0. The number of hydrogen-bond acceptors (Lipinski definition) is 3. The first-order valence-electron chi connectivity index (χ1n) is 10.1. The minimum atomic E-state index is -4.53. The number of alkyl halides is 3. The highest BCUT2D eigenvalue weighted by molar-refractivity contribution is 6.33. The van der Waals surface area contributed by atoms with Crippen molar-refractivity contribution in [2.45, 2.75) is 58.2 Å². The summed E-state index contributed by atoms with van der Waals surface area (Å²) in [5, 5.41) is 11.8. The van der Waals surface area contributed by atoms with Crippen molar-refractivity contribution in [3.63, 3.8) is 0 Å². The van der Waals surface area contributed by atoms with Crippen molar-refractivity contribution >= 4 is 29.2 Å². The average molecular weight is 449 g/mol. The summed E-state index contributed by atoms with van der Waals surface area (Å²) in [5.74, 6) is -4.12. The predicted molar refractivity (Wildman–Crippen MR) is 110 cm³/mol. The predicted octanol–water partition coefficient (Wildman–Crippen LogP) is 5.16. The number of carbonyl (C=O) groups is 2. The number of benzene rings is 1. The number of halogens is 4. The standard InChI is InChI=1S/C21H28ClF3N2O3/c1-4-14-7-9-27(10-8-14)18(13(3)21(23,24)25)19(28)26-17-11-15(5-6-16(17)22)12(2)20(29)30/h5-6,11-14,18H,4,7-10H2,1-3H3,(H,26,28)(H,29,30)/t12?,13-,18-/m1/s1. The molecule has 0 bridgehead atoms. The molecule has 2 N–H and O–H groups in total. The number of anilines is 1. The Morgan fingerprint density at radius 2 is 1.87 bits per heavy atom. The number of carboxylic acid groups (broad SMARTS) is 1. The first kappa shape index (κ1) is 24.5. The normalized spacial score (nSPS) is 19.2. The lowest BCUT2D eigenvalue weighted by Crippen LogP contribution is -2.54. The van der Waals surface area contributed by atoms with Gasteiger partial charge in [-0.1, -0.05) is 37.9 Å². The van der Waals surface area contributed by atoms with Crippen molar-refractivity contribution in [1.82, 2.24) is 4.90 Å². The maximum atomic E-state index is 13.5. The van der Waals surface area contributed by atoms with Crippen LogP contribution >= 0.6 is 11.6 Å². The summed E-state index contributed by atoms with van der Waals surface area (Å²) in [6.07, 6.45) is -2.08. The van der Waals surface area contributed by atoms with Gasteiger partial charge in [-0.25, -0.2) is 0 Å². The number of rotatable bonds is 7. The van der Waals surface area contributed by atoms with Crippen molar-refractivity contribution in [1.29, 1.82) is 0 Å². The molecule has 9 heteroatoms. The van der Waals surface area contributed by atoms with E-state index < -0.39 is 35.9 Å². The first-order valence-corrected chi connectivity index (χ1v) is 10.5. The molecule has 1 fully saturated rings. The van der Waals surface area contributed by atoms with E-state index in [4.69, 9.17) is 11.6 Å². The molecular weight excluding hydrogens is 421 g/mol. The third kappa shape index (κ3) is 5.88. The summed E-state index contributed by atoms with van der Waals surface area (Å²) in [5.41, 5.74) is 0.501. The highest BCUT2D eigenvalue weighted by Gasteiger charge is 2.47. The topological polar surface area (TPSA) is 69.6 Å². The molecule has 1 saturated heterocycles. The molecule has 3 atom stereocenters. The van der Waals surface area contributed by atoms with Gasteiger partial charge in [-0.15, -0.1) is 0 Å². The Kier molecular flexibility index (Phi) is 8.16. The molecule has 0 aliphatic carbocycles. The van der Waals surface area contributed by atoms with Gasteiger partial charge < -0.3 is 10.4 Å². The fraction of sp³-hybridized carbons (Fsp3) is 0.619. The SMILES string of the molecule is CCC1CCN([C@@H](C(=O)Nc2cc(C(C)C(=O)O)ccc2Cl)[C@@H](C)C(F)(F)F)CC1. The Labute approximate surface area is 179 Å². The summed E-state index contributed by atoms with van der Waals surface area (Å²) in [6.45, 7) is 5.38. The summed E-state index contributed by atoms with van der Waals surface area (Å²) in [7, 11) is 0. The minimum absolute atomic E-state index is 0.107. The molecule has 1 unspecified atom stereocenters. The van der Waals surface area contributed by atoms with E-state index in [2.05, 4.69) is 12.2 Å². The van der Waals surface area contributed by atoms with Gasteiger partial charge in [0.15, 0.2) is 0 Å². The van der Waals surface area contributed by atoms with Gasteiger partial charge in [-0.2, -0.15) is 13.2 Å². The molecule has 0 saturated carbocycles. The van der Waals surface area contributed by atoms with E-state index in [-0.39, 0.29) is 10.7 Å². The molecule has 2 rings (SSSR count). The van der Waals surface area contributed by atoms with Crippen LogP contribution in [0, 0.1) is 11.8 Å². The summed E-state index contributed by atoms with van der Waals surface area (Å²) < 4.78 is 40.6. The third-order valence-electron chi connectivity index (χ3n) is 6.00. The van der Waals surface area contributed by atoms with E-state index in [1.807, 2.05) is 0 Å². The Hall–Kier alpha value is -1.80. The molecule has 0 radical (unpaired) electrons. The van der Waals surface area contributed by atoms with Gasteiger partial charge in [-0.3, -0.25) is 14.5 Å². The van der Waals surface area contributed by atoms with Crippen LogP contribution in [0.2, 0.25) is 5.02 Å². The quantitative estimate of drug-likeness (QED) is 0.604. The van der Waals surface area contributed by atoms with Crippen LogP contribution in [0.4, 0.5) is 18.9 Å². The number of hydrogen-bond donors (Lipinski definition) is 2. The molecule has 1 aliphatic heterocycles. The van der Waals surface area contributed by atoms with Gasteiger partial charge in [0.2, 0.25) is 5.91 Å². The van der Waals surface area contributed by atoms with Crippen molar-refractivity contribution < 1.29 is 27.9 Å².